The maximum Gasteiger partial charge on any atom is 0.408 e. The molecule has 2 aromatic rings. The molecule has 2 aliphatic heterocycles. The molecule has 2 aliphatic carbocycles. The molecule has 4 N–H and O–H groups in total. The average molecular weight is 729 g/mol. The zero-order chi connectivity index (χ0) is 35.8. The molecule has 0 bridgehead atoms. The molecule has 1 saturated heterocycles. The van der Waals surface area contributed by atoms with Gasteiger partial charge in [0.15, 0.2) is 5.01 Å². The van der Waals surface area contributed by atoms with Crippen molar-refractivity contribution in [2.75, 3.05) is 6.54 Å². The molecule has 0 radical (unpaired) electrons. The molecule has 2 saturated carbocycles. The number of rotatable bonds is 6. The molecular formula is C34H44N6O8S2. The largest absolute Gasteiger partial charge is 0.444 e. The van der Waals surface area contributed by atoms with Gasteiger partial charge in [0.05, 0.1) is 15.5 Å². The monoisotopic (exact) mass is 728 g/mol. The fourth-order valence-electron chi connectivity index (χ4n) is 6.57. The van der Waals surface area contributed by atoms with E-state index in [0.717, 1.165) is 17.5 Å². The Morgan fingerprint density at radius 2 is 1.82 bits per heavy atom. The van der Waals surface area contributed by atoms with Crippen LogP contribution in [0.1, 0.15) is 88.4 Å². The number of alkyl carbamates (subject to hydrolysis) is 1. The second-order valence-corrected chi connectivity index (χ2v) is 17.6. The van der Waals surface area contributed by atoms with Crippen molar-refractivity contribution in [2.24, 2.45) is 5.92 Å². The average Bonchev–Trinajstić information content (AvgIpc) is 3.92. The Hall–Kier alpha value is -4.05. The molecule has 3 fully saturated rings. The summed E-state index contributed by atoms with van der Waals surface area (Å²) in [6, 6.07) is 4.53. The van der Waals surface area contributed by atoms with Gasteiger partial charge in [-0.1, -0.05) is 37.1 Å². The molecule has 14 nitrogen and oxygen atoms in total. The first-order chi connectivity index (χ1) is 23.6. The van der Waals surface area contributed by atoms with Gasteiger partial charge in [-0.05, 0) is 77.8 Å². The highest BCUT2D eigenvalue weighted by Crippen LogP contribution is 2.46. The SMILES string of the molecule is CC(C)(C)OC(=O)N[C@@H]1CCCCCC=C[C@@H]2C[C@@]2(C(=O)NS(=O)(=O)C2CC2)NC(=O)[C@@H]2C[C@@H](NC(=O)c3nc4ccccc4s3)CN2C1=O. The Kier molecular flexibility index (Phi) is 9.96. The van der Waals surface area contributed by atoms with Crippen molar-refractivity contribution in [3.8, 4) is 0 Å². The molecule has 5 atom stereocenters. The Bertz CT molecular complexity index is 1780. The summed E-state index contributed by atoms with van der Waals surface area (Å²) >= 11 is 1.22. The van der Waals surface area contributed by atoms with E-state index in [4.69, 9.17) is 4.74 Å². The highest BCUT2D eigenvalue weighted by Gasteiger charge is 2.62. The number of hydrogen-bond acceptors (Lipinski definition) is 10. The van der Waals surface area contributed by atoms with Crippen molar-refractivity contribution >= 4 is 61.3 Å². The Morgan fingerprint density at radius 1 is 1.06 bits per heavy atom. The number of nitrogens with zero attached hydrogens (tertiary/aromatic N) is 2. The third-order valence-corrected chi connectivity index (χ3v) is 12.2. The molecule has 270 valence electrons. The molecule has 5 amide bonds. The van der Waals surface area contributed by atoms with Gasteiger partial charge in [-0.3, -0.25) is 23.9 Å². The maximum absolute atomic E-state index is 14.3. The predicted octanol–water partition coefficient (Wildman–Crippen LogP) is 2.89. The Morgan fingerprint density at radius 3 is 2.54 bits per heavy atom. The van der Waals surface area contributed by atoms with Crippen molar-refractivity contribution in [3.63, 3.8) is 0 Å². The molecule has 6 rings (SSSR count). The number of hydrogen-bond donors (Lipinski definition) is 4. The first kappa shape index (κ1) is 35.8. The van der Waals surface area contributed by atoms with Gasteiger partial charge in [-0.25, -0.2) is 18.2 Å². The molecule has 4 aliphatic rings. The van der Waals surface area contributed by atoms with Crippen molar-refractivity contribution in [1.82, 2.24) is 30.6 Å². The van der Waals surface area contributed by atoms with Crippen LogP contribution in [0, 0.1) is 5.92 Å². The van der Waals surface area contributed by atoms with E-state index in [1.807, 2.05) is 30.4 Å². The molecular weight excluding hydrogens is 685 g/mol. The number of aromatic nitrogens is 1. The number of allylic oxidation sites excluding steroid dienone is 1. The minimum Gasteiger partial charge on any atom is -0.444 e. The number of ether oxygens (including phenoxy) is 1. The van der Waals surface area contributed by atoms with Crippen LogP contribution in [0.4, 0.5) is 4.79 Å². The van der Waals surface area contributed by atoms with E-state index < -0.39 is 80.2 Å². The van der Waals surface area contributed by atoms with Crippen molar-refractivity contribution in [1.29, 1.82) is 0 Å². The summed E-state index contributed by atoms with van der Waals surface area (Å²) in [7, 11) is -3.89. The minimum atomic E-state index is -3.89. The lowest BCUT2D eigenvalue weighted by molar-refractivity contribution is -0.141. The second-order valence-electron chi connectivity index (χ2n) is 14.6. The molecule has 1 aromatic heterocycles. The number of amides is 5. The van der Waals surface area contributed by atoms with Crippen LogP contribution in [-0.4, -0.2) is 89.1 Å². The highest BCUT2D eigenvalue weighted by molar-refractivity contribution is 7.91. The smallest absolute Gasteiger partial charge is 0.408 e. The standard InChI is InChI=1S/C34H44N6O8S2/c1-33(2,3)48-32(45)37-24-13-8-6-4-5-7-11-20-18-34(20,31(44)39-50(46,47)22-15-16-22)38-27(41)25-17-21(19-40(25)30(24)43)35-28(42)29-36-23-12-9-10-14-26(23)49-29/h7,9-12,14,20-22,24-25H,4-6,8,13,15-19H2,1-3H3,(H,35,42)(H,37,45)(H,38,41)(H,39,44)/t20-,21-,24-,25+,34-/m1/s1. The zero-order valence-corrected chi connectivity index (χ0v) is 30.0. The lowest BCUT2D eigenvalue weighted by Gasteiger charge is -2.30. The first-order valence-corrected chi connectivity index (χ1v) is 19.5. The first-order valence-electron chi connectivity index (χ1n) is 17.2. The van der Waals surface area contributed by atoms with Crippen LogP contribution < -0.4 is 20.7 Å². The predicted molar refractivity (Wildman–Crippen MR) is 185 cm³/mol. The number of benzene rings is 1. The third-order valence-electron chi connectivity index (χ3n) is 9.40. The fraction of sp³-hybridized carbons (Fsp3) is 0.588. The number of para-hydroxylation sites is 1. The van der Waals surface area contributed by atoms with Gasteiger partial charge in [-0.2, -0.15) is 0 Å². The number of sulfonamides is 1. The molecule has 16 heteroatoms. The van der Waals surface area contributed by atoms with E-state index in [9.17, 15) is 32.4 Å². The molecule has 0 unspecified atom stereocenters. The van der Waals surface area contributed by atoms with Crippen molar-refractivity contribution in [2.45, 2.75) is 113 Å². The van der Waals surface area contributed by atoms with Crippen LogP contribution in [0.2, 0.25) is 0 Å². The summed E-state index contributed by atoms with van der Waals surface area (Å²) in [6.45, 7) is 5.10. The van der Waals surface area contributed by atoms with Crippen LogP contribution in [0.3, 0.4) is 0 Å². The summed E-state index contributed by atoms with van der Waals surface area (Å²) in [5.74, 6) is -2.88. The van der Waals surface area contributed by atoms with Gasteiger partial charge in [0.2, 0.25) is 21.8 Å². The summed E-state index contributed by atoms with van der Waals surface area (Å²) < 4.78 is 34.0. The summed E-state index contributed by atoms with van der Waals surface area (Å²) in [5, 5.41) is 8.05. The van der Waals surface area contributed by atoms with E-state index in [2.05, 4.69) is 25.7 Å². The maximum atomic E-state index is 14.3. The normalized spacial score (nSPS) is 27.6. The zero-order valence-electron chi connectivity index (χ0n) is 28.4. The number of carbonyl (C=O) groups excluding carboxylic acids is 5. The number of fused-ring (bicyclic) bond motifs is 3. The topological polar surface area (TPSA) is 193 Å². The molecule has 3 heterocycles. The Labute approximate surface area is 295 Å². The van der Waals surface area contributed by atoms with Crippen molar-refractivity contribution < 1.29 is 37.1 Å². The van der Waals surface area contributed by atoms with Gasteiger partial charge >= 0.3 is 6.09 Å². The van der Waals surface area contributed by atoms with Crippen LogP contribution in [0.25, 0.3) is 10.2 Å². The number of nitrogens with one attached hydrogen (secondary N) is 4. The van der Waals surface area contributed by atoms with E-state index in [-0.39, 0.29) is 24.4 Å². The number of thiazole rings is 1. The minimum absolute atomic E-state index is 0.0198. The molecule has 50 heavy (non-hydrogen) atoms. The van der Waals surface area contributed by atoms with Gasteiger partial charge < -0.3 is 25.6 Å². The van der Waals surface area contributed by atoms with Crippen molar-refractivity contribution in [3.05, 3.63) is 41.4 Å². The quantitative estimate of drug-likeness (QED) is 0.324. The van der Waals surface area contributed by atoms with E-state index >= 15 is 0 Å². The van der Waals surface area contributed by atoms with E-state index in [1.165, 1.54) is 16.2 Å². The van der Waals surface area contributed by atoms with Crippen LogP contribution in [-0.2, 0) is 29.1 Å². The lowest BCUT2D eigenvalue weighted by atomic mass is 10.0. The van der Waals surface area contributed by atoms with E-state index in [0.29, 0.717) is 37.6 Å². The van der Waals surface area contributed by atoms with Gasteiger partial charge in [-0.15, -0.1) is 11.3 Å². The van der Waals surface area contributed by atoms with Crippen LogP contribution in [0.5, 0.6) is 0 Å². The Balaban J connectivity index is 1.27. The summed E-state index contributed by atoms with van der Waals surface area (Å²) in [4.78, 5) is 74.1. The fourth-order valence-corrected chi connectivity index (χ4v) is 8.80. The number of carbonyl (C=O) groups is 5. The van der Waals surface area contributed by atoms with Gasteiger partial charge in [0.1, 0.15) is 23.2 Å². The van der Waals surface area contributed by atoms with E-state index in [1.54, 1.807) is 26.8 Å². The molecule has 1 aromatic carbocycles. The summed E-state index contributed by atoms with van der Waals surface area (Å²) in [5.41, 5.74) is -1.65. The highest BCUT2D eigenvalue weighted by atomic mass is 32.2. The van der Waals surface area contributed by atoms with Gasteiger partial charge in [0.25, 0.3) is 11.8 Å². The lowest BCUT2D eigenvalue weighted by Crippen LogP contribution is -2.58. The summed E-state index contributed by atoms with van der Waals surface area (Å²) in [6.07, 6.45) is 7.27. The second kappa shape index (κ2) is 13.9. The third kappa shape index (κ3) is 8.12. The van der Waals surface area contributed by atoms with Crippen LogP contribution >= 0.6 is 11.3 Å². The van der Waals surface area contributed by atoms with Crippen LogP contribution in [0.15, 0.2) is 36.4 Å². The molecule has 0 spiro atoms. The van der Waals surface area contributed by atoms with Gasteiger partial charge in [0, 0.05) is 18.5 Å².